The number of benzene rings is 1. The van der Waals surface area contributed by atoms with Crippen molar-refractivity contribution in [2.75, 3.05) is 19.8 Å². The Labute approximate surface area is 122 Å². The molecule has 1 heterocycles. The third-order valence-corrected chi connectivity index (χ3v) is 3.56. The van der Waals surface area contributed by atoms with Crippen LogP contribution in [0.1, 0.15) is 51.4 Å². The summed E-state index contributed by atoms with van der Waals surface area (Å²) in [7, 11) is 0. The predicted octanol–water partition coefficient (Wildman–Crippen LogP) is 4.33. The van der Waals surface area contributed by atoms with Gasteiger partial charge in [0, 0.05) is 11.5 Å². The van der Waals surface area contributed by atoms with Gasteiger partial charge in [-0.3, -0.25) is 0 Å². The second-order valence-corrected chi connectivity index (χ2v) is 5.42. The van der Waals surface area contributed by atoms with Gasteiger partial charge in [0.2, 0.25) is 0 Å². The largest absolute Gasteiger partial charge is 0.494 e. The summed E-state index contributed by atoms with van der Waals surface area (Å²) in [5, 5.41) is 0. The SMILES string of the molecule is CCCCC1COC(c2ccc(OCCC)cc2)OC1. The summed E-state index contributed by atoms with van der Waals surface area (Å²) in [5.41, 5.74) is 1.07. The van der Waals surface area contributed by atoms with E-state index >= 15 is 0 Å². The van der Waals surface area contributed by atoms with Gasteiger partial charge in [0.05, 0.1) is 19.8 Å². The molecule has 0 aromatic heterocycles. The molecule has 0 N–H and O–H groups in total. The first-order valence-corrected chi connectivity index (χ1v) is 7.79. The van der Waals surface area contributed by atoms with Crippen molar-refractivity contribution in [3.05, 3.63) is 29.8 Å². The minimum atomic E-state index is -0.215. The highest BCUT2D eigenvalue weighted by atomic mass is 16.7. The van der Waals surface area contributed by atoms with E-state index in [2.05, 4.69) is 13.8 Å². The van der Waals surface area contributed by atoms with Crippen LogP contribution >= 0.6 is 0 Å². The maximum Gasteiger partial charge on any atom is 0.183 e. The van der Waals surface area contributed by atoms with E-state index in [1.165, 1.54) is 19.3 Å². The smallest absolute Gasteiger partial charge is 0.183 e. The molecule has 0 bridgehead atoms. The molecule has 1 saturated heterocycles. The first-order valence-electron chi connectivity index (χ1n) is 7.79. The molecule has 3 nitrogen and oxygen atoms in total. The number of hydrogen-bond donors (Lipinski definition) is 0. The van der Waals surface area contributed by atoms with Crippen molar-refractivity contribution in [1.29, 1.82) is 0 Å². The molecule has 3 heteroatoms. The van der Waals surface area contributed by atoms with Gasteiger partial charge < -0.3 is 14.2 Å². The first kappa shape index (κ1) is 15.3. The van der Waals surface area contributed by atoms with E-state index in [9.17, 15) is 0 Å². The van der Waals surface area contributed by atoms with Crippen LogP contribution in [0, 0.1) is 5.92 Å². The quantitative estimate of drug-likeness (QED) is 0.743. The lowest BCUT2D eigenvalue weighted by Crippen LogP contribution is -2.27. The van der Waals surface area contributed by atoms with E-state index in [1.54, 1.807) is 0 Å². The van der Waals surface area contributed by atoms with Gasteiger partial charge in [-0.1, -0.05) is 38.8 Å². The minimum Gasteiger partial charge on any atom is -0.494 e. The van der Waals surface area contributed by atoms with Crippen molar-refractivity contribution in [3.8, 4) is 5.75 Å². The van der Waals surface area contributed by atoms with E-state index in [-0.39, 0.29) is 6.29 Å². The molecule has 0 spiro atoms. The molecule has 1 aliphatic rings. The second kappa shape index (κ2) is 8.28. The molecule has 0 atom stereocenters. The lowest BCUT2D eigenvalue weighted by Gasteiger charge is -2.29. The lowest BCUT2D eigenvalue weighted by atomic mass is 10.0. The van der Waals surface area contributed by atoms with Crippen LogP contribution in [0.4, 0.5) is 0 Å². The van der Waals surface area contributed by atoms with Gasteiger partial charge in [0.15, 0.2) is 6.29 Å². The Morgan fingerprint density at radius 2 is 1.75 bits per heavy atom. The zero-order valence-corrected chi connectivity index (χ0v) is 12.6. The van der Waals surface area contributed by atoms with E-state index in [0.717, 1.165) is 37.6 Å². The zero-order chi connectivity index (χ0) is 14.2. The zero-order valence-electron chi connectivity index (χ0n) is 12.6. The molecule has 1 aromatic rings. The third kappa shape index (κ3) is 4.50. The van der Waals surface area contributed by atoms with Crippen LogP contribution < -0.4 is 4.74 Å². The summed E-state index contributed by atoms with van der Waals surface area (Å²) < 4.78 is 17.2. The minimum absolute atomic E-state index is 0.215. The van der Waals surface area contributed by atoms with E-state index in [4.69, 9.17) is 14.2 Å². The summed E-state index contributed by atoms with van der Waals surface area (Å²) in [6, 6.07) is 8.03. The van der Waals surface area contributed by atoms with Gasteiger partial charge in [0.1, 0.15) is 5.75 Å². The van der Waals surface area contributed by atoms with Crippen LogP contribution in [0.15, 0.2) is 24.3 Å². The van der Waals surface area contributed by atoms with E-state index in [0.29, 0.717) is 5.92 Å². The molecule has 0 amide bonds. The van der Waals surface area contributed by atoms with Gasteiger partial charge >= 0.3 is 0 Å². The highest BCUT2D eigenvalue weighted by Crippen LogP contribution is 2.28. The van der Waals surface area contributed by atoms with Crippen LogP contribution in [0.2, 0.25) is 0 Å². The van der Waals surface area contributed by atoms with Gasteiger partial charge in [-0.05, 0) is 25.0 Å². The summed E-state index contributed by atoms with van der Waals surface area (Å²) in [5.74, 6) is 1.46. The molecule has 0 radical (unpaired) electrons. The van der Waals surface area contributed by atoms with Gasteiger partial charge in [-0.15, -0.1) is 0 Å². The normalized spacial score (nSPS) is 22.7. The molecular weight excluding hydrogens is 252 g/mol. The first-order chi connectivity index (χ1) is 9.83. The molecule has 1 aromatic carbocycles. The fourth-order valence-corrected chi connectivity index (χ4v) is 2.34. The third-order valence-electron chi connectivity index (χ3n) is 3.56. The number of ether oxygens (including phenoxy) is 3. The molecule has 2 rings (SSSR count). The Hall–Kier alpha value is -1.06. The average Bonchev–Trinajstić information content (AvgIpc) is 2.52. The number of rotatable bonds is 7. The Bertz CT molecular complexity index is 366. The van der Waals surface area contributed by atoms with Crippen molar-refractivity contribution < 1.29 is 14.2 Å². The van der Waals surface area contributed by atoms with Gasteiger partial charge in [-0.25, -0.2) is 0 Å². The van der Waals surface area contributed by atoms with Crippen LogP contribution in [0.3, 0.4) is 0 Å². The molecule has 0 saturated carbocycles. The van der Waals surface area contributed by atoms with E-state index in [1.807, 2.05) is 24.3 Å². The number of hydrogen-bond acceptors (Lipinski definition) is 3. The van der Waals surface area contributed by atoms with Crippen LogP contribution in [-0.2, 0) is 9.47 Å². The molecule has 20 heavy (non-hydrogen) atoms. The van der Waals surface area contributed by atoms with E-state index < -0.39 is 0 Å². The van der Waals surface area contributed by atoms with Crippen LogP contribution in [0.5, 0.6) is 5.75 Å². The lowest BCUT2D eigenvalue weighted by molar-refractivity contribution is -0.206. The Morgan fingerprint density at radius 1 is 1.05 bits per heavy atom. The van der Waals surface area contributed by atoms with Crippen molar-refractivity contribution in [2.24, 2.45) is 5.92 Å². The molecule has 1 fully saturated rings. The Balaban J connectivity index is 1.81. The van der Waals surface area contributed by atoms with Gasteiger partial charge in [0.25, 0.3) is 0 Å². The molecule has 0 unspecified atom stereocenters. The topological polar surface area (TPSA) is 27.7 Å². The van der Waals surface area contributed by atoms with Gasteiger partial charge in [-0.2, -0.15) is 0 Å². The summed E-state index contributed by atoms with van der Waals surface area (Å²) in [6.07, 6.45) is 4.50. The monoisotopic (exact) mass is 278 g/mol. The van der Waals surface area contributed by atoms with Crippen molar-refractivity contribution in [2.45, 2.75) is 45.8 Å². The summed E-state index contributed by atoms with van der Waals surface area (Å²) in [6.45, 7) is 6.69. The molecule has 112 valence electrons. The molecule has 1 aliphatic heterocycles. The highest BCUT2D eigenvalue weighted by molar-refractivity contribution is 5.28. The van der Waals surface area contributed by atoms with Crippen LogP contribution in [0.25, 0.3) is 0 Å². The van der Waals surface area contributed by atoms with Crippen molar-refractivity contribution in [1.82, 2.24) is 0 Å². The standard InChI is InChI=1S/C17H26O3/c1-3-5-6-14-12-19-17(20-13-14)15-7-9-16(10-8-15)18-11-4-2/h7-10,14,17H,3-6,11-13H2,1-2H3. The fourth-order valence-electron chi connectivity index (χ4n) is 2.34. The maximum atomic E-state index is 5.83. The Kier molecular flexibility index (Phi) is 6.34. The maximum absolute atomic E-state index is 5.83. The molecular formula is C17H26O3. The van der Waals surface area contributed by atoms with Crippen molar-refractivity contribution in [3.63, 3.8) is 0 Å². The molecule has 0 aliphatic carbocycles. The summed E-state index contributed by atoms with van der Waals surface area (Å²) in [4.78, 5) is 0. The van der Waals surface area contributed by atoms with Crippen molar-refractivity contribution >= 4 is 0 Å². The Morgan fingerprint density at radius 3 is 2.35 bits per heavy atom. The van der Waals surface area contributed by atoms with Crippen LogP contribution in [-0.4, -0.2) is 19.8 Å². The predicted molar refractivity (Wildman–Crippen MR) is 79.9 cm³/mol. The highest BCUT2D eigenvalue weighted by Gasteiger charge is 2.23. The summed E-state index contributed by atoms with van der Waals surface area (Å²) >= 11 is 0. The second-order valence-electron chi connectivity index (χ2n) is 5.42. The average molecular weight is 278 g/mol. The number of unbranched alkanes of at least 4 members (excludes halogenated alkanes) is 1. The fraction of sp³-hybridized carbons (Fsp3) is 0.647.